The fraction of sp³-hybridized carbons (Fsp3) is 1.00. The lowest BCUT2D eigenvalue weighted by molar-refractivity contribution is -0.223. The maximum atomic E-state index is 8.97. The zero-order chi connectivity index (χ0) is 19.2. The summed E-state index contributed by atoms with van der Waals surface area (Å²) >= 11 is 0. The van der Waals surface area contributed by atoms with Gasteiger partial charge in [-0.1, -0.05) is 0 Å². The summed E-state index contributed by atoms with van der Waals surface area (Å²) in [6.45, 7) is -1.45. The van der Waals surface area contributed by atoms with E-state index in [1.165, 1.54) is 0 Å². The molecule has 0 heterocycles. The third-order valence-electron chi connectivity index (χ3n) is 3.61. The highest BCUT2D eigenvalue weighted by Gasteiger charge is 2.47. The summed E-state index contributed by atoms with van der Waals surface area (Å²) in [7, 11) is 0. The molecule has 4 atom stereocenters. The highest BCUT2D eigenvalue weighted by Crippen LogP contribution is 2.20. The van der Waals surface area contributed by atoms with Crippen molar-refractivity contribution >= 4 is 0 Å². The van der Waals surface area contributed by atoms with Gasteiger partial charge in [-0.05, 0) is 0 Å². The molecule has 24 heavy (non-hydrogen) atoms. The van der Waals surface area contributed by atoms with E-state index >= 15 is 0 Å². The normalized spacial score (nSPS) is 38.5. The Morgan fingerprint density at radius 2 is 0.625 bits per heavy atom. The zero-order valence-electron chi connectivity index (χ0n) is 12.6. The van der Waals surface area contributed by atoms with Crippen LogP contribution in [-0.2, 0) is 0 Å². The minimum Gasteiger partial charge on any atom is -0.394 e. The second kappa shape index (κ2) is 10.5. The number of hydrogen-bond donors (Lipinski definition) is 12. The summed E-state index contributed by atoms with van der Waals surface area (Å²) in [5.41, 5.74) is 0. The van der Waals surface area contributed by atoms with Crippen molar-refractivity contribution in [2.45, 2.75) is 61.0 Å². The van der Waals surface area contributed by atoms with Gasteiger partial charge in [-0.2, -0.15) is 0 Å². The van der Waals surface area contributed by atoms with Gasteiger partial charge in [0.1, 0.15) is 61.0 Å². The lowest BCUT2D eigenvalue weighted by atomic mass is 9.85. The Morgan fingerprint density at radius 3 is 0.750 bits per heavy atom. The molecular weight excluding hydrogens is 336 g/mol. The van der Waals surface area contributed by atoms with E-state index in [-0.39, 0.29) is 0 Å². The highest BCUT2D eigenvalue weighted by molar-refractivity contribution is 4.98. The van der Waals surface area contributed by atoms with Gasteiger partial charge in [0.05, 0.1) is 13.2 Å². The SMILES string of the molecule is OC1C(O)C(O)C(O)C(O)C1O.OC[C@@H](O)[C@H](O)[C@H](O)[C@@H](O)CO. The first-order chi connectivity index (χ1) is 11.0. The Morgan fingerprint density at radius 1 is 0.458 bits per heavy atom. The van der Waals surface area contributed by atoms with Gasteiger partial charge in [0.15, 0.2) is 0 Å². The first kappa shape index (κ1) is 23.5. The predicted octanol–water partition coefficient (Wildman–Crippen LogP) is -7.42. The van der Waals surface area contributed by atoms with E-state index in [0.29, 0.717) is 0 Å². The molecular formula is C12H26O12. The fourth-order valence-corrected chi connectivity index (χ4v) is 1.88. The Hall–Kier alpha value is -0.480. The summed E-state index contributed by atoms with van der Waals surface area (Å²) in [5, 5.41) is 106. The van der Waals surface area contributed by atoms with Crippen molar-refractivity contribution in [1.29, 1.82) is 0 Å². The number of aliphatic hydroxyl groups is 12. The van der Waals surface area contributed by atoms with Crippen LogP contribution in [0.1, 0.15) is 0 Å². The van der Waals surface area contributed by atoms with Crippen LogP contribution in [0.15, 0.2) is 0 Å². The predicted molar refractivity (Wildman–Crippen MR) is 74.2 cm³/mol. The molecule has 0 bridgehead atoms. The molecule has 12 N–H and O–H groups in total. The molecule has 12 heteroatoms. The van der Waals surface area contributed by atoms with E-state index in [9.17, 15) is 0 Å². The van der Waals surface area contributed by atoms with Gasteiger partial charge >= 0.3 is 0 Å². The van der Waals surface area contributed by atoms with Crippen molar-refractivity contribution in [3.05, 3.63) is 0 Å². The van der Waals surface area contributed by atoms with Crippen molar-refractivity contribution in [3.63, 3.8) is 0 Å². The van der Waals surface area contributed by atoms with Crippen LogP contribution in [0.4, 0.5) is 0 Å². The van der Waals surface area contributed by atoms with Crippen LogP contribution in [0, 0.1) is 0 Å². The molecule has 0 amide bonds. The summed E-state index contributed by atoms with van der Waals surface area (Å²) in [6.07, 6.45) is -16.2. The molecule has 146 valence electrons. The molecule has 1 rings (SSSR count). The van der Waals surface area contributed by atoms with Gasteiger partial charge < -0.3 is 61.3 Å². The molecule has 0 unspecified atom stereocenters. The van der Waals surface area contributed by atoms with Gasteiger partial charge in [0, 0.05) is 0 Å². The van der Waals surface area contributed by atoms with Crippen molar-refractivity contribution in [3.8, 4) is 0 Å². The number of rotatable bonds is 5. The molecule has 0 aromatic carbocycles. The van der Waals surface area contributed by atoms with E-state index in [0.717, 1.165) is 0 Å². The first-order valence-corrected chi connectivity index (χ1v) is 7.03. The van der Waals surface area contributed by atoms with Crippen LogP contribution in [0.5, 0.6) is 0 Å². The van der Waals surface area contributed by atoms with Crippen molar-refractivity contribution in [2.24, 2.45) is 0 Å². The Bertz CT molecular complexity index is 263. The van der Waals surface area contributed by atoms with Crippen LogP contribution < -0.4 is 0 Å². The van der Waals surface area contributed by atoms with E-state index in [4.69, 9.17) is 61.3 Å². The fourth-order valence-electron chi connectivity index (χ4n) is 1.88. The van der Waals surface area contributed by atoms with Gasteiger partial charge in [-0.15, -0.1) is 0 Å². The smallest absolute Gasteiger partial charge is 0.111 e. The monoisotopic (exact) mass is 362 g/mol. The second-order valence-corrected chi connectivity index (χ2v) is 5.42. The summed E-state index contributed by atoms with van der Waals surface area (Å²) in [6, 6.07) is 0. The summed E-state index contributed by atoms with van der Waals surface area (Å²) < 4.78 is 0. The van der Waals surface area contributed by atoms with Gasteiger partial charge in [0.25, 0.3) is 0 Å². The average molecular weight is 362 g/mol. The molecule has 1 aliphatic carbocycles. The summed E-state index contributed by atoms with van der Waals surface area (Å²) in [5.74, 6) is 0. The third-order valence-corrected chi connectivity index (χ3v) is 3.61. The standard InChI is InChI=1S/C6H12O6.C6H14O6/c7-1-2(8)4(10)6(12)5(11)3(1)9;7-1-3(9)5(11)6(12)4(10)2-8/h1-12H;3-12H,1-2H2/t;3-,4+,5+,6-. The third kappa shape index (κ3) is 5.80. The largest absolute Gasteiger partial charge is 0.394 e. The number of aliphatic hydroxyl groups excluding tert-OH is 12. The van der Waals surface area contributed by atoms with Crippen LogP contribution in [0.2, 0.25) is 0 Å². The molecule has 0 saturated heterocycles. The van der Waals surface area contributed by atoms with Crippen molar-refractivity contribution < 1.29 is 61.3 Å². The first-order valence-electron chi connectivity index (χ1n) is 7.03. The van der Waals surface area contributed by atoms with Crippen molar-refractivity contribution in [1.82, 2.24) is 0 Å². The van der Waals surface area contributed by atoms with Gasteiger partial charge in [-0.25, -0.2) is 0 Å². The van der Waals surface area contributed by atoms with Gasteiger partial charge in [-0.3, -0.25) is 0 Å². The van der Waals surface area contributed by atoms with Crippen LogP contribution in [-0.4, -0.2) is 136 Å². The van der Waals surface area contributed by atoms with Crippen molar-refractivity contribution in [2.75, 3.05) is 13.2 Å². The minimum atomic E-state index is -1.67. The molecule has 0 aromatic heterocycles. The Balaban J connectivity index is 0.000000441. The Kier molecular flexibility index (Phi) is 10.3. The quantitative estimate of drug-likeness (QED) is 0.218. The second-order valence-electron chi connectivity index (χ2n) is 5.42. The molecule has 1 fully saturated rings. The van der Waals surface area contributed by atoms with E-state index < -0.39 is 74.3 Å². The lowest BCUT2D eigenvalue weighted by Gasteiger charge is -2.39. The Labute approximate surface area is 136 Å². The van der Waals surface area contributed by atoms with Crippen LogP contribution >= 0.6 is 0 Å². The molecule has 0 aromatic rings. The average Bonchev–Trinajstić information content (AvgIpc) is 2.60. The molecule has 0 aliphatic heterocycles. The van der Waals surface area contributed by atoms with E-state index in [2.05, 4.69) is 0 Å². The molecule has 1 saturated carbocycles. The van der Waals surface area contributed by atoms with Gasteiger partial charge in [0.2, 0.25) is 0 Å². The topological polar surface area (TPSA) is 243 Å². The molecule has 0 radical (unpaired) electrons. The molecule has 12 nitrogen and oxygen atoms in total. The van der Waals surface area contributed by atoms with Crippen LogP contribution in [0.3, 0.4) is 0 Å². The zero-order valence-corrected chi connectivity index (χ0v) is 12.6. The molecule has 0 spiro atoms. The minimum absolute atomic E-state index is 0.726. The maximum Gasteiger partial charge on any atom is 0.111 e. The lowest BCUT2D eigenvalue weighted by Crippen LogP contribution is -2.63. The molecule has 1 aliphatic rings. The number of hydrogen-bond acceptors (Lipinski definition) is 12. The van der Waals surface area contributed by atoms with E-state index in [1.807, 2.05) is 0 Å². The van der Waals surface area contributed by atoms with E-state index in [1.54, 1.807) is 0 Å². The maximum absolute atomic E-state index is 8.97. The highest BCUT2D eigenvalue weighted by atomic mass is 16.4. The summed E-state index contributed by atoms with van der Waals surface area (Å²) in [4.78, 5) is 0. The van der Waals surface area contributed by atoms with Crippen LogP contribution in [0.25, 0.3) is 0 Å².